The van der Waals surface area contributed by atoms with Crippen molar-refractivity contribution in [3.63, 3.8) is 0 Å². The van der Waals surface area contributed by atoms with Crippen molar-refractivity contribution in [2.75, 3.05) is 32.7 Å². The van der Waals surface area contributed by atoms with Gasteiger partial charge in [0, 0.05) is 54.5 Å². The molecule has 0 aromatic heterocycles. The minimum atomic E-state index is -0.396. The molecule has 0 bridgehead atoms. The minimum Gasteiger partial charge on any atom is -0.338 e. The van der Waals surface area contributed by atoms with E-state index >= 15 is 0 Å². The summed E-state index contributed by atoms with van der Waals surface area (Å²) in [5, 5.41) is 2.18. The van der Waals surface area contributed by atoms with E-state index in [4.69, 9.17) is 28.2 Å². The highest BCUT2D eigenvalue weighted by atomic mass is 35.5. The fraction of sp³-hybridized carbons (Fsp3) is 0.485. The standard InChI is InChI=1S/C33H37Cl2N5O2S/c1-20(2)28-30(32(42)39-15-3-4-26(39)31(41)38-18-16-37(17-19-38)25-13-14-25)43-33-36-27(21-5-9-23(34)10-6-21)29(40(28)33)22-7-11-24(35)12-8-22/h5-12,20,25-27,29H,3-4,13-19H2,1-2H3/t26?,27-,29+/m0/s1. The molecule has 3 atom stereocenters. The molecule has 43 heavy (non-hydrogen) atoms. The Morgan fingerprint density at radius 1 is 0.860 bits per heavy atom. The summed E-state index contributed by atoms with van der Waals surface area (Å²) >= 11 is 14.0. The maximum absolute atomic E-state index is 14.4. The van der Waals surface area contributed by atoms with Crippen molar-refractivity contribution in [3.05, 3.63) is 80.3 Å². The Labute approximate surface area is 267 Å². The topological polar surface area (TPSA) is 59.5 Å². The molecule has 0 spiro atoms. The normalized spacial score (nSPS) is 26.0. The molecule has 2 aromatic carbocycles. The van der Waals surface area contributed by atoms with E-state index in [1.165, 1.54) is 24.6 Å². The van der Waals surface area contributed by atoms with E-state index < -0.39 is 6.04 Å². The van der Waals surface area contributed by atoms with Gasteiger partial charge in [-0.2, -0.15) is 0 Å². The first-order chi connectivity index (χ1) is 20.8. The molecule has 10 heteroatoms. The van der Waals surface area contributed by atoms with E-state index in [-0.39, 0.29) is 29.8 Å². The van der Waals surface area contributed by atoms with Crippen LogP contribution in [0.3, 0.4) is 0 Å². The molecular weight excluding hydrogens is 601 g/mol. The number of thioether (sulfide) groups is 1. The van der Waals surface area contributed by atoms with Crippen LogP contribution in [-0.4, -0.2) is 81.4 Å². The smallest absolute Gasteiger partial charge is 0.263 e. The van der Waals surface area contributed by atoms with Gasteiger partial charge < -0.3 is 14.7 Å². The van der Waals surface area contributed by atoms with Crippen molar-refractivity contribution < 1.29 is 9.59 Å². The van der Waals surface area contributed by atoms with E-state index in [1.54, 1.807) is 0 Å². The number of amides is 2. The quantitative estimate of drug-likeness (QED) is 0.369. The molecule has 1 unspecified atom stereocenters. The van der Waals surface area contributed by atoms with Crippen LogP contribution >= 0.6 is 35.0 Å². The third-order valence-corrected chi connectivity index (χ3v) is 10.9. The Morgan fingerprint density at radius 3 is 2.09 bits per heavy atom. The Morgan fingerprint density at radius 2 is 1.49 bits per heavy atom. The van der Waals surface area contributed by atoms with Gasteiger partial charge in [-0.05, 0) is 78.8 Å². The first kappa shape index (κ1) is 29.2. The fourth-order valence-electron chi connectivity index (χ4n) is 7.05. The van der Waals surface area contributed by atoms with Gasteiger partial charge in [0.2, 0.25) is 5.91 Å². The number of nitrogens with zero attached hydrogens (tertiary/aromatic N) is 5. The summed E-state index contributed by atoms with van der Waals surface area (Å²) in [6, 6.07) is 15.8. The van der Waals surface area contributed by atoms with Crippen LogP contribution in [-0.2, 0) is 9.59 Å². The number of fused-ring (bicyclic) bond motifs is 1. The van der Waals surface area contributed by atoms with Gasteiger partial charge in [-0.3, -0.25) is 19.5 Å². The number of likely N-dealkylation sites (tertiary alicyclic amines) is 1. The third-order valence-electron chi connectivity index (χ3n) is 9.37. The molecule has 7 nitrogen and oxygen atoms in total. The van der Waals surface area contributed by atoms with Gasteiger partial charge in [-0.25, -0.2) is 0 Å². The molecule has 4 aliphatic heterocycles. The lowest BCUT2D eigenvalue weighted by molar-refractivity contribution is -0.143. The average molecular weight is 639 g/mol. The van der Waals surface area contributed by atoms with Gasteiger partial charge >= 0.3 is 0 Å². The van der Waals surface area contributed by atoms with Crippen LogP contribution in [0, 0.1) is 5.92 Å². The van der Waals surface area contributed by atoms with Crippen molar-refractivity contribution in [2.24, 2.45) is 10.9 Å². The molecule has 4 heterocycles. The number of allylic oxidation sites excluding steroid dienone is 1. The van der Waals surface area contributed by atoms with Crippen LogP contribution in [0.15, 0.2) is 64.1 Å². The van der Waals surface area contributed by atoms with Crippen molar-refractivity contribution >= 4 is 51.9 Å². The highest BCUT2D eigenvalue weighted by Crippen LogP contribution is 2.53. The number of amidine groups is 1. The Bertz CT molecular complexity index is 1470. The van der Waals surface area contributed by atoms with Crippen LogP contribution in [0.2, 0.25) is 10.0 Å². The number of aliphatic imine (C=N–C) groups is 1. The van der Waals surface area contributed by atoms with E-state index in [2.05, 4.69) is 35.8 Å². The van der Waals surface area contributed by atoms with Gasteiger partial charge in [0.1, 0.15) is 17.0 Å². The number of halogens is 2. The lowest BCUT2D eigenvalue weighted by Gasteiger charge is -2.37. The van der Waals surface area contributed by atoms with Crippen LogP contribution in [0.4, 0.5) is 0 Å². The van der Waals surface area contributed by atoms with Crippen molar-refractivity contribution in [1.82, 2.24) is 19.6 Å². The summed E-state index contributed by atoms with van der Waals surface area (Å²) in [4.78, 5) is 42.6. The zero-order chi connectivity index (χ0) is 29.8. The number of benzene rings is 2. The van der Waals surface area contributed by atoms with Crippen LogP contribution in [0.5, 0.6) is 0 Å². The summed E-state index contributed by atoms with van der Waals surface area (Å²) in [5.74, 6) is 0.136. The summed E-state index contributed by atoms with van der Waals surface area (Å²) in [6.45, 7) is 8.24. The molecule has 7 rings (SSSR count). The monoisotopic (exact) mass is 637 g/mol. The first-order valence-electron chi connectivity index (χ1n) is 15.4. The Hall–Kier alpha value is -2.52. The predicted octanol–water partition coefficient (Wildman–Crippen LogP) is 6.36. The highest BCUT2D eigenvalue weighted by molar-refractivity contribution is 8.18. The van der Waals surface area contributed by atoms with Crippen molar-refractivity contribution in [1.29, 1.82) is 0 Å². The number of carbonyl (C=O) groups is 2. The third kappa shape index (κ3) is 5.49. The lowest BCUT2D eigenvalue weighted by Crippen LogP contribution is -2.54. The second kappa shape index (κ2) is 11.8. The van der Waals surface area contributed by atoms with Gasteiger partial charge in [-0.15, -0.1) is 0 Å². The van der Waals surface area contributed by atoms with Crippen molar-refractivity contribution in [2.45, 2.75) is 63.7 Å². The summed E-state index contributed by atoms with van der Waals surface area (Å²) in [7, 11) is 0. The summed E-state index contributed by atoms with van der Waals surface area (Å²) in [6.07, 6.45) is 4.13. The molecule has 0 radical (unpaired) electrons. The molecule has 2 amide bonds. The second-order valence-corrected chi connectivity index (χ2v) is 14.3. The molecular formula is C33H37Cl2N5O2S. The molecule has 5 aliphatic rings. The first-order valence-corrected chi connectivity index (χ1v) is 17.0. The summed E-state index contributed by atoms with van der Waals surface area (Å²) < 4.78 is 0. The van der Waals surface area contributed by atoms with E-state index in [0.717, 1.165) is 67.1 Å². The average Bonchev–Trinajstić information content (AvgIpc) is 3.45. The van der Waals surface area contributed by atoms with E-state index in [9.17, 15) is 9.59 Å². The second-order valence-electron chi connectivity index (χ2n) is 12.5. The molecule has 1 saturated carbocycles. The number of rotatable bonds is 6. The van der Waals surface area contributed by atoms with Gasteiger partial charge in [-0.1, -0.05) is 61.3 Å². The van der Waals surface area contributed by atoms with Crippen molar-refractivity contribution in [3.8, 4) is 0 Å². The molecule has 0 N–H and O–H groups in total. The number of carbonyl (C=O) groups excluding carboxylic acids is 2. The van der Waals surface area contributed by atoms with Crippen LogP contribution in [0.25, 0.3) is 0 Å². The van der Waals surface area contributed by atoms with E-state index in [1.807, 2.05) is 46.2 Å². The van der Waals surface area contributed by atoms with Crippen LogP contribution in [0.1, 0.15) is 62.7 Å². The molecule has 1 aliphatic carbocycles. The maximum atomic E-state index is 14.4. The van der Waals surface area contributed by atoms with Gasteiger partial charge in [0.05, 0.1) is 6.04 Å². The number of hydrogen-bond acceptors (Lipinski definition) is 6. The Balaban J connectivity index is 1.18. The molecule has 2 aromatic rings. The van der Waals surface area contributed by atoms with Gasteiger partial charge in [0.25, 0.3) is 5.91 Å². The summed E-state index contributed by atoms with van der Waals surface area (Å²) in [5.41, 5.74) is 3.12. The lowest BCUT2D eigenvalue weighted by atomic mass is 9.92. The minimum absolute atomic E-state index is 0.0452. The molecule has 226 valence electrons. The SMILES string of the molecule is CC(C)C1=C(C(=O)N2CCCC2C(=O)N2CCN(C3CC3)CC2)SC2=N[C@@H](c3ccc(Cl)cc3)[C@@H](c3ccc(Cl)cc3)N21. The fourth-order valence-corrected chi connectivity index (χ4v) is 8.60. The highest BCUT2D eigenvalue weighted by Gasteiger charge is 2.49. The maximum Gasteiger partial charge on any atom is 0.263 e. The predicted molar refractivity (Wildman–Crippen MR) is 173 cm³/mol. The number of hydrogen-bond donors (Lipinski definition) is 0. The van der Waals surface area contributed by atoms with Gasteiger partial charge in [0.15, 0.2) is 5.17 Å². The van der Waals surface area contributed by atoms with E-state index in [0.29, 0.717) is 21.5 Å². The Kier molecular flexibility index (Phi) is 7.99. The zero-order valence-electron chi connectivity index (χ0n) is 24.6. The number of piperazine rings is 1. The molecule has 3 fully saturated rings. The van der Waals surface area contributed by atoms with Crippen LogP contribution < -0.4 is 0 Å². The largest absolute Gasteiger partial charge is 0.338 e. The zero-order valence-corrected chi connectivity index (χ0v) is 26.9. The molecule has 2 saturated heterocycles.